The summed E-state index contributed by atoms with van der Waals surface area (Å²) in [6.45, 7) is -0.183. The number of rotatable bonds is 9. The molecular weight excluding hydrogens is 594 g/mol. The highest BCUT2D eigenvalue weighted by Crippen LogP contribution is 2.55. The van der Waals surface area contributed by atoms with Gasteiger partial charge in [-0.3, -0.25) is 9.59 Å². The van der Waals surface area contributed by atoms with Gasteiger partial charge in [0.25, 0.3) is 5.91 Å². The minimum atomic E-state index is -4.90. The number of oxime groups is 1. The first-order chi connectivity index (χ1) is 21.5. The number of nitrogens with zero attached hydrogens (tertiary/aromatic N) is 1. The molecule has 6 rings (SSSR count). The zero-order valence-corrected chi connectivity index (χ0v) is 24.7. The van der Waals surface area contributed by atoms with Crippen LogP contribution in [-0.2, 0) is 15.8 Å². The first-order valence-electron chi connectivity index (χ1n) is 15.3. The molecule has 3 N–H and O–H groups in total. The van der Waals surface area contributed by atoms with Gasteiger partial charge in [-0.25, -0.2) is 4.39 Å². The van der Waals surface area contributed by atoms with E-state index >= 15 is 0 Å². The number of allylic oxidation sites excluding steroid dienone is 1. The number of hydrogen-bond donors (Lipinski definition) is 3. The fourth-order valence-electron chi connectivity index (χ4n) is 7.20. The van der Waals surface area contributed by atoms with Crippen LogP contribution in [0.3, 0.4) is 0 Å². The zero-order chi connectivity index (χ0) is 31.9. The minimum Gasteiger partial charge on any atom is -0.496 e. The van der Waals surface area contributed by atoms with Crippen LogP contribution in [0, 0.1) is 29.5 Å². The van der Waals surface area contributed by atoms with Crippen LogP contribution in [0.2, 0.25) is 0 Å². The lowest BCUT2D eigenvalue weighted by molar-refractivity contribution is -0.140. The highest BCUT2D eigenvalue weighted by Gasteiger charge is 2.52. The predicted octanol–water partition coefficient (Wildman–Crippen LogP) is 5.85. The summed E-state index contributed by atoms with van der Waals surface area (Å²) in [7, 11) is 1.47. The summed E-state index contributed by atoms with van der Waals surface area (Å²) in [5.74, 6) is -1.67. The van der Waals surface area contributed by atoms with E-state index in [1.165, 1.54) is 19.1 Å². The number of fused-ring (bicyclic) bond motifs is 2. The van der Waals surface area contributed by atoms with E-state index in [1.54, 1.807) is 18.2 Å². The van der Waals surface area contributed by atoms with Crippen molar-refractivity contribution in [1.29, 1.82) is 0 Å². The lowest BCUT2D eigenvalue weighted by atomic mass is 9.81. The summed E-state index contributed by atoms with van der Waals surface area (Å²) in [6, 6.07) is 7.11. The predicted molar refractivity (Wildman–Crippen MR) is 157 cm³/mol. The Morgan fingerprint density at radius 3 is 2.56 bits per heavy atom. The zero-order valence-electron chi connectivity index (χ0n) is 24.7. The van der Waals surface area contributed by atoms with Crippen molar-refractivity contribution in [3.05, 3.63) is 70.6 Å². The van der Waals surface area contributed by atoms with Gasteiger partial charge in [0.05, 0.1) is 30.6 Å². The van der Waals surface area contributed by atoms with Crippen molar-refractivity contribution in [2.24, 2.45) is 28.8 Å². The molecule has 0 radical (unpaired) electrons. The lowest BCUT2D eigenvalue weighted by Crippen LogP contribution is -2.45. The fraction of sp³-hybridized carbons (Fsp3) is 0.485. The third-order valence-electron chi connectivity index (χ3n) is 9.62. The van der Waals surface area contributed by atoms with E-state index in [4.69, 9.17) is 9.57 Å². The van der Waals surface area contributed by atoms with Gasteiger partial charge in [-0.05, 0) is 79.8 Å². The molecule has 2 bridgehead atoms. The van der Waals surface area contributed by atoms with Gasteiger partial charge in [0.1, 0.15) is 11.6 Å². The Morgan fingerprint density at radius 2 is 1.89 bits per heavy atom. The Labute approximate surface area is 257 Å². The Hall–Kier alpha value is -3.93. The first-order valence-corrected chi connectivity index (χ1v) is 15.3. The van der Waals surface area contributed by atoms with Gasteiger partial charge in [0.2, 0.25) is 5.91 Å². The molecular formula is C33H35F4N3O5. The highest BCUT2D eigenvalue weighted by atomic mass is 19.4. The molecule has 2 amide bonds. The minimum absolute atomic E-state index is 0.0271. The number of nitrogens with one attached hydrogen (secondary N) is 2. The molecule has 0 spiro atoms. The topological polar surface area (TPSA) is 109 Å². The van der Waals surface area contributed by atoms with Gasteiger partial charge >= 0.3 is 6.18 Å². The molecule has 1 aliphatic heterocycles. The van der Waals surface area contributed by atoms with E-state index in [0.29, 0.717) is 41.5 Å². The number of alkyl halides is 3. The van der Waals surface area contributed by atoms with Crippen molar-refractivity contribution in [2.75, 3.05) is 19.0 Å². The van der Waals surface area contributed by atoms with E-state index in [0.717, 1.165) is 31.7 Å². The lowest BCUT2D eigenvalue weighted by Gasteiger charge is -2.31. The van der Waals surface area contributed by atoms with Crippen LogP contribution in [0.25, 0.3) is 0 Å². The molecule has 2 aromatic rings. The van der Waals surface area contributed by atoms with Gasteiger partial charge in [0, 0.05) is 36.1 Å². The SMILES string of the molecule is COc1ccc(C2=NOC(CO)C2)cc1C(=O)N[C@@H]1[C@@H](CC(=O)Nc2ccc(F)c(C(F)(F)F)c2)[C@H]2CC[C@@H]1/C2=C\C1CCC1. The molecule has 4 aliphatic rings. The van der Waals surface area contributed by atoms with Crippen molar-refractivity contribution in [3.8, 4) is 5.75 Å². The number of benzene rings is 2. The second-order valence-electron chi connectivity index (χ2n) is 12.3. The molecule has 5 atom stereocenters. The molecule has 1 heterocycles. The average Bonchev–Trinajstić information content (AvgIpc) is 3.69. The average molecular weight is 630 g/mol. The first kappa shape index (κ1) is 31.1. The number of aliphatic hydroxyl groups excluding tert-OH is 1. The van der Waals surface area contributed by atoms with Gasteiger partial charge in [0.15, 0.2) is 6.10 Å². The Morgan fingerprint density at radius 1 is 1.11 bits per heavy atom. The summed E-state index contributed by atoms with van der Waals surface area (Å²) >= 11 is 0. The third-order valence-corrected chi connectivity index (χ3v) is 9.62. The van der Waals surface area contributed by atoms with Crippen molar-refractivity contribution in [3.63, 3.8) is 0 Å². The molecule has 1 unspecified atom stereocenters. The fourth-order valence-corrected chi connectivity index (χ4v) is 7.20. The number of methoxy groups -OCH3 is 1. The number of carbonyl (C=O) groups is 2. The summed E-state index contributed by atoms with van der Waals surface area (Å²) in [4.78, 5) is 32.3. The number of hydrogen-bond acceptors (Lipinski definition) is 6. The van der Waals surface area contributed by atoms with Crippen LogP contribution >= 0.6 is 0 Å². The number of halogens is 4. The maximum Gasteiger partial charge on any atom is 0.419 e. The van der Waals surface area contributed by atoms with Crippen LogP contribution < -0.4 is 15.4 Å². The number of anilines is 1. The molecule has 0 saturated heterocycles. The largest absolute Gasteiger partial charge is 0.496 e. The monoisotopic (exact) mass is 629 g/mol. The summed E-state index contributed by atoms with van der Waals surface area (Å²) in [6.07, 6.45) is 2.41. The van der Waals surface area contributed by atoms with E-state index in [9.17, 15) is 32.3 Å². The number of aliphatic hydroxyl groups is 1. The molecule has 8 nitrogen and oxygen atoms in total. The molecule has 240 valence electrons. The molecule has 3 aliphatic carbocycles. The standard InChI is InChI=1S/C33H35F4N3O5/c1-44-29-10-5-18(28-14-20(16-41)45-40-28)12-25(29)32(43)39-31-22-8-7-21(23(22)11-17-3-2-4-17)24(31)15-30(42)38-19-6-9-27(34)26(13-19)33(35,36)37/h5-6,9-13,17,20-22,24,31,41H,2-4,7-8,14-16H2,1H3,(H,38,42)(H,39,43)/b23-11-/t20?,21-,22+,24-,31-/m0/s1. The van der Waals surface area contributed by atoms with Crippen molar-refractivity contribution in [2.45, 2.75) is 63.3 Å². The summed E-state index contributed by atoms with van der Waals surface area (Å²) in [5.41, 5.74) is 1.19. The number of ether oxygens (including phenoxy) is 1. The number of amides is 2. The van der Waals surface area contributed by atoms with Crippen LogP contribution in [0.5, 0.6) is 5.75 Å². The molecule has 3 saturated carbocycles. The second kappa shape index (κ2) is 12.5. The quantitative estimate of drug-likeness (QED) is 0.238. The molecule has 12 heteroatoms. The van der Waals surface area contributed by atoms with E-state index in [2.05, 4.69) is 21.9 Å². The highest BCUT2D eigenvalue weighted by molar-refractivity contribution is 6.05. The van der Waals surface area contributed by atoms with E-state index in [-0.39, 0.29) is 54.0 Å². The molecule has 45 heavy (non-hydrogen) atoms. The van der Waals surface area contributed by atoms with Crippen molar-refractivity contribution < 1.29 is 41.8 Å². The van der Waals surface area contributed by atoms with Gasteiger partial charge in [-0.2, -0.15) is 13.2 Å². The van der Waals surface area contributed by atoms with Crippen molar-refractivity contribution in [1.82, 2.24) is 5.32 Å². The maximum atomic E-state index is 13.9. The summed E-state index contributed by atoms with van der Waals surface area (Å²) < 4.78 is 59.1. The second-order valence-corrected chi connectivity index (χ2v) is 12.3. The van der Waals surface area contributed by atoms with Crippen molar-refractivity contribution >= 4 is 23.2 Å². The molecule has 0 aromatic heterocycles. The normalized spacial score (nSPS) is 26.8. The maximum absolute atomic E-state index is 13.9. The Bertz CT molecular complexity index is 1540. The van der Waals surface area contributed by atoms with Gasteiger partial charge in [-0.1, -0.05) is 23.2 Å². The van der Waals surface area contributed by atoms with Crippen LogP contribution in [0.4, 0.5) is 23.2 Å². The third kappa shape index (κ3) is 6.29. The molecule has 3 fully saturated rings. The van der Waals surface area contributed by atoms with Gasteiger partial charge < -0.3 is 25.3 Å². The number of carbonyl (C=O) groups excluding carboxylic acids is 2. The summed E-state index contributed by atoms with van der Waals surface area (Å²) in [5, 5.41) is 19.2. The van der Waals surface area contributed by atoms with Crippen LogP contribution in [0.1, 0.15) is 66.4 Å². The van der Waals surface area contributed by atoms with Gasteiger partial charge in [-0.15, -0.1) is 0 Å². The van der Waals surface area contributed by atoms with E-state index in [1.807, 2.05) is 0 Å². The Kier molecular flexibility index (Phi) is 8.60. The van der Waals surface area contributed by atoms with E-state index < -0.39 is 29.6 Å². The smallest absolute Gasteiger partial charge is 0.419 e. The molecule has 2 aromatic carbocycles. The van der Waals surface area contributed by atoms with Crippen LogP contribution in [0.15, 0.2) is 53.2 Å². The Balaban J connectivity index is 1.24. The van der Waals surface area contributed by atoms with Crippen LogP contribution in [-0.4, -0.2) is 48.5 Å².